The van der Waals surface area contributed by atoms with Gasteiger partial charge >= 0.3 is 5.97 Å². The Morgan fingerprint density at radius 3 is 2.50 bits per heavy atom. The van der Waals surface area contributed by atoms with Crippen LogP contribution in [0, 0.1) is 5.92 Å². The van der Waals surface area contributed by atoms with Gasteiger partial charge in [-0.05, 0) is 56.0 Å². The van der Waals surface area contributed by atoms with Gasteiger partial charge in [-0.3, -0.25) is 9.59 Å². The molecule has 0 aliphatic heterocycles. The molecule has 0 bridgehead atoms. The molecule has 0 spiro atoms. The average molecular weight is 379 g/mol. The van der Waals surface area contributed by atoms with Gasteiger partial charge in [-0.25, -0.2) is 0 Å². The summed E-state index contributed by atoms with van der Waals surface area (Å²) in [5.41, 5.74) is 1.71. The third-order valence-corrected chi connectivity index (χ3v) is 4.63. The van der Waals surface area contributed by atoms with E-state index in [9.17, 15) is 9.59 Å². The summed E-state index contributed by atoms with van der Waals surface area (Å²) in [6.45, 7) is 2.07. The van der Waals surface area contributed by atoms with Crippen LogP contribution in [0.4, 0.5) is 5.69 Å². The first kappa shape index (κ1) is 19.7. The van der Waals surface area contributed by atoms with Crippen LogP contribution in [0.3, 0.4) is 0 Å². The van der Waals surface area contributed by atoms with Crippen molar-refractivity contribution in [2.45, 2.75) is 38.9 Å². The SMILES string of the molecule is C[C@@H](OC(=O)[C@@H]1CC=CCC1)C(=O)Nc1ccc(OCc2ccccc2)cc1. The molecule has 5 heteroatoms. The number of hydrogen-bond acceptors (Lipinski definition) is 4. The molecule has 1 N–H and O–H groups in total. The van der Waals surface area contributed by atoms with Crippen molar-refractivity contribution < 1.29 is 19.1 Å². The molecule has 0 saturated carbocycles. The Bertz CT molecular complexity index is 814. The fourth-order valence-corrected chi connectivity index (χ4v) is 2.95. The molecule has 2 atom stereocenters. The number of anilines is 1. The minimum absolute atomic E-state index is 0.152. The quantitative estimate of drug-likeness (QED) is 0.569. The van der Waals surface area contributed by atoms with Crippen LogP contribution in [0.15, 0.2) is 66.7 Å². The molecule has 0 saturated heterocycles. The van der Waals surface area contributed by atoms with Crippen LogP contribution in [0.25, 0.3) is 0 Å². The van der Waals surface area contributed by atoms with Crippen LogP contribution in [-0.2, 0) is 20.9 Å². The monoisotopic (exact) mass is 379 g/mol. The molecule has 1 aliphatic rings. The van der Waals surface area contributed by atoms with E-state index in [1.54, 1.807) is 31.2 Å². The summed E-state index contributed by atoms with van der Waals surface area (Å²) >= 11 is 0. The molecule has 0 unspecified atom stereocenters. The molecule has 0 heterocycles. The van der Waals surface area contributed by atoms with Crippen LogP contribution >= 0.6 is 0 Å². The molecule has 2 aromatic rings. The number of benzene rings is 2. The summed E-state index contributed by atoms with van der Waals surface area (Å²) in [6, 6.07) is 17.0. The smallest absolute Gasteiger partial charge is 0.310 e. The van der Waals surface area contributed by atoms with Crippen molar-refractivity contribution in [3.63, 3.8) is 0 Å². The highest BCUT2D eigenvalue weighted by Gasteiger charge is 2.25. The molecule has 5 nitrogen and oxygen atoms in total. The Kier molecular flexibility index (Phi) is 6.84. The molecular formula is C23H25NO4. The molecule has 1 aliphatic carbocycles. The van der Waals surface area contributed by atoms with E-state index in [2.05, 4.69) is 11.4 Å². The van der Waals surface area contributed by atoms with Crippen LogP contribution in [0.5, 0.6) is 5.75 Å². The van der Waals surface area contributed by atoms with Gasteiger partial charge in [0.15, 0.2) is 6.10 Å². The van der Waals surface area contributed by atoms with Gasteiger partial charge in [0, 0.05) is 5.69 Å². The zero-order valence-corrected chi connectivity index (χ0v) is 16.0. The van der Waals surface area contributed by atoms with Crippen molar-refractivity contribution in [3.05, 3.63) is 72.3 Å². The minimum Gasteiger partial charge on any atom is -0.489 e. The number of nitrogens with one attached hydrogen (secondary N) is 1. The summed E-state index contributed by atoms with van der Waals surface area (Å²) in [5, 5.41) is 2.77. The van der Waals surface area contributed by atoms with Crippen LogP contribution in [-0.4, -0.2) is 18.0 Å². The van der Waals surface area contributed by atoms with Gasteiger partial charge in [-0.2, -0.15) is 0 Å². The standard InChI is InChI=1S/C23H25NO4/c1-17(28-23(26)19-10-6-3-7-11-19)22(25)24-20-12-14-21(15-13-20)27-16-18-8-4-2-5-9-18/h2-6,8-9,12-15,17,19H,7,10-11,16H2,1H3,(H,24,25)/t17-,19-/m1/s1. The zero-order chi connectivity index (χ0) is 19.8. The number of amides is 1. The van der Waals surface area contributed by atoms with E-state index in [1.807, 2.05) is 36.4 Å². The predicted octanol–water partition coefficient (Wildman–Crippen LogP) is 4.49. The normalized spacial score (nSPS) is 16.8. The van der Waals surface area contributed by atoms with E-state index in [4.69, 9.17) is 9.47 Å². The summed E-state index contributed by atoms with van der Waals surface area (Å²) < 4.78 is 11.1. The highest BCUT2D eigenvalue weighted by atomic mass is 16.5. The van der Waals surface area contributed by atoms with Crippen LogP contribution in [0.2, 0.25) is 0 Å². The fraction of sp³-hybridized carbons (Fsp3) is 0.304. The van der Waals surface area contributed by atoms with Crippen molar-refractivity contribution in [3.8, 4) is 5.75 Å². The number of ether oxygens (including phenoxy) is 2. The Morgan fingerprint density at radius 1 is 1.07 bits per heavy atom. The van der Waals surface area contributed by atoms with Gasteiger partial charge in [-0.15, -0.1) is 0 Å². The molecule has 0 aromatic heterocycles. The summed E-state index contributed by atoms with van der Waals surface area (Å²) in [4.78, 5) is 24.4. The summed E-state index contributed by atoms with van der Waals surface area (Å²) in [7, 11) is 0. The molecular weight excluding hydrogens is 354 g/mol. The molecule has 28 heavy (non-hydrogen) atoms. The average Bonchev–Trinajstić information content (AvgIpc) is 2.74. The lowest BCUT2D eigenvalue weighted by atomic mass is 9.95. The van der Waals surface area contributed by atoms with Gasteiger partial charge in [0.05, 0.1) is 5.92 Å². The third kappa shape index (κ3) is 5.71. The number of carbonyl (C=O) groups excluding carboxylic acids is 2. The van der Waals surface area contributed by atoms with Gasteiger partial charge in [0.1, 0.15) is 12.4 Å². The number of rotatable bonds is 7. The maximum Gasteiger partial charge on any atom is 0.310 e. The highest BCUT2D eigenvalue weighted by Crippen LogP contribution is 2.21. The number of allylic oxidation sites excluding steroid dienone is 2. The first-order valence-corrected chi connectivity index (χ1v) is 9.55. The predicted molar refractivity (Wildman–Crippen MR) is 108 cm³/mol. The zero-order valence-electron chi connectivity index (χ0n) is 16.0. The van der Waals surface area contributed by atoms with E-state index >= 15 is 0 Å². The third-order valence-electron chi connectivity index (χ3n) is 4.63. The van der Waals surface area contributed by atoms with E-state index < -0.39 is 6.10 Å². The van der Waals surface area contributed by atoms with Crippen LogP contribution < -0.4 is 10.1 Å². The Balaban J connectivity index is 1.46. The van der Waals surface area contributed by atoms with Gasteiger partial charge < -0.3 is 14.8 Å². The second-order valence-corrected chi connectivity index (χ2v) is 6.85. The number of esters is 1. The molecule has 3 rings (SSSR count). The summed E-state index contributed by atoms with van der Waals surface area (Å²) in [6.07, 6.45) is 5.53. The minimum atomic E-state index is -0.840. The Hall–Kier alpha value is -3.08. The fourth-order valence-electron chi connectivity index (χ4n) is 2.95. The maximum absolute atomic E-state index is 12.3. The van der Waals surface area contributed by atoms with E-state index in [1.165, 1.54) is 0 Å². The lowest BCUT2D eigenvalue weighted by Gasteiger charge is -2.19. The second kappa shape index (κ2) is 9.74. The first-order chi connectivity index (χ1) is 13.6. The van der Waals surface area contributed by atoms with Crippen molar-refractivity contribution >= 4 is 17.6 Å². The van der Waals surface area contributed by atoms with Crippen molar-refractivity contribution in [2.75, 3.05) is 5.32 Å². The van der Waals surface area contributed by atoms with E-state index in [-0.39, 0.29) is 17.8 Å². The topological polar surface area (TPSA) is 64.6 Å². The van der Waals surface area contributed by atoms with Gasteiger partial charge in [0.2, 0.25) is 0 Å². The first-order valence-electron chi connectivity index (χ1n) is 9.55. The Morgan fingerprint density at radius 2 is 1.82 bits per heavy atom. The van der Waals surface area contributed by atoms with Crippen molar-refractivity contribution in [1.82, 2.24) is 0 Å². The van der Waals surface area contributed by atoms with Crippen LogP contribution in [0.1, 0.15) is 31.7 Å². The van der Waals surface area contributed by atoms with E-state index in [0.29, 0.717) is 24.5 Å². The largest absolute Gasteiger partial charge is 0.489 e. The molecule has 0 radical (unpaired) electrons. The van der Waals surface area contributed by atoms with E-state index in [0.717, 1.165) is 18.4 Å². The highest BCUT2D eigenvalue weighted by molar-refractivity contribution is 5.95. The molecule has 0 fully saturated rings. The maximum atomic E-state index is 12.3. The second-order valence-electron chi connectivity index (χ2n) is 6.85. The lowest BCUT2D eigenvalue weighted by Crippen LogP contribution is -2.32. The molecule has 146 valence electrons. The number of carbonyl (C=O) groups is 2. The lowest BCUT2D eigenvalue weighted by molar-refractivity contribution is -0.157. The molecule has 2 aromatic carbocycles. The van der Waals surface area contributed by atoms with Gasteiger partial charge in [0.25, 0.3) is 5.91 Å². The van der Waals surface area contributed by atoms with Crippen molar-refractivity contribution in [1.29, 1.82) is 0 Å². The summed E-state index contributed by atoms with van der Waals surface area (Å²) in [5.74, 6) is -0.0951. The Labute approximate surface area is 165 Å². The number of hydrogen-bond donors (Lipinski definition) is 1. The van der Waals surface area contributed by atoms with Gasteiger partial charge in [-0.1, -0.05) is 42.5 Å². The van der Waals surface area contributed by atoms with Crippen molar-refractivity contribution in [2.24, 2.45) is 5.92 Å². The molecule has 1 amide bonds.